The lowest BCUT2D eigenvalue weighted by atomic mass is 9.93. The van der Waals surface area contributed by atoms with E-state index in [4.69, 9.17) is 0 Å². The van der Waals surface area contributed by atoms with Crippen molar-refractivity contribution in [1.82, 2.24) is 25.1 Å². The number of anilines is 1. The fourth-order valence-corrected chi connectivity index (χ4v) is 4.52. The molecule has 1 saturated heterocycles. The molecule has 1 fully saturated rings. The molecule has 0 aliphatic carbocycles. The predicted octanol–water partition coefficient (Wildman–Crippen LogP) is 4.57. The highest BCUT2D eigenvalue weighted by Gasteiger charge is 2.38. The number of piperidine rings is 1. The fraction of sp³-hybridized carbons (Fsp3) is 0.308. The lowest BCUT2D eigenvalue weighted by molar-refractivity contribution is -0.146. The summed E-state index contributed by atoms with van der Waals surface area (Å²) in [7, 11) is 0. The van der Waals surface area contributed by atoms with Crippen molar-refractivity contribution in [2.75, 3.05) is 18.0 Å². The first-order valence-electron chi connectivity index (χ1n) is 11.8. The molecule has 7 nitrogen and oxygen atoms in total. The molecule has 36 heavy (non-hydrogen) atoms. The van der Waals surface area contributed by atoms with E-state index in [1.807, 2.05) is 66.4 Å². The average molecular weight is 495 g/mol. The summed E-state index contributed by atoms with van der Waals surface area (Å²) in [5.74, 6) is -1.00. The van der Waals surface area contributed by atoms with Crippen molar-refractivity contribution in [3.05, 3.63) is 89.2 Å². The number of carbonyl (C=O) groups is 1. The zero-order valence-electron chi connectivity index (χ0n) is 19.6. The molecule has 1 amide bonds. The zero-order valence-corrected chi connectivity index (χ0v) is 19.6. The fourth-order valence-electron chi connectivity index (χ4n) is 4.52. The van der Waals surface area contributed by atoms with Crippen LogP contribution in [0.15, 0.2) is 66.7 Å². The largest absolute Gasteiger partial charge is 0.453 e. The minimum Gasteiger partial charge on any atom is -0.355 e. The highest BCUT2D eigenvalue weighted by atomic mass is 19.4. The third-order valence-electron chi connectivity index (χ3n) is 6.52. The smallest absolute Gasteiger partial charge is 0.355 e. The van der Waals surface area contributed by atoms with Crippen LogP contribution in [-0.2, 0) is 11.0 Å². The molecule has 1 unspecified atom stereocenters. The molecule has 0 saturated carbocycles. The van der Waals surface area contributed by atoms with E-state index in [0.29, 0.717) is 31.7 Å². The van der Waals surface area contributed by atoms with Gasteiger partial charge in [-0.3, -0.25) is 4.79 Å². The number of rotatable bonds is 5. The number of hydrogen-bond donors (Lipinski definition) is 1. The number of aryl methyl sites for hydroxylation is 1. The minimum absolute atomic E-state index is 0.0309. The lowest BCUT2D eigenvalue weighted by Gasteiger charge is -2.33. The van der Waals surface area contributed by atoms with Crippen LogP contribution < -0.4 is 10.2 Å². The molecular formula is C26H25F3N6O. The number of aromatic nitrogens is 4. The van der Waals surface area contributed by atoms with Gasteiger partial charge < -0.3 is 10.2 Å². The molecular weight excluding hydrogens is 469 g/mol. The molecule has 2 aromatic heterocycles. The van der Waals surface area contributed by atoms with Gasteiger partial charge >= 0.3 is 6.18 Å². The molecule has 3 heterocycles. The monoisotopic (exact) mass is 494 g/mol. The Kier molecular flexibility index (Phi) is 6.34. The van der Waals surface area contributed by atoms with Gasteiger partial charge in [-0.1, -0.05) is 60.2 Å². The van der Waals surface area contributed by atoms with Crippen LogP contribution in [0.25, 0.3) is 5.65 Å². The Morgan fingerprint density at radius 1 is 0.944 bits per heavy atom. The maximum atomic E-state index is 13.3. The minimum atomic E-state index is -4.65. The number of nitrogens with zero attached hydrogens (tertiary/aromatic N) is 5. The predicted molar refractivity (Wildman–Crippen MR) is 128 cm³/mol. The molecule has 0 spiro atoms. The molecule has 1 aliphatic rings. The second-order valence-electron chi connectivity index (χ2n) is 9.01. The van der Waals surface area contributed by atoms with E-state index in [0.717, 1.165) is 21.2 Å². The highest BCUT2D eigenvalue weighted by Crippen LogP contribution is 2.29. The van der Waals surface area contributed by atoms with Gasteiger partial charge in [0.1, 0.15) is 5.82 Å². The van der Waals surface area contributed by atoms with Crippen molar-refractivity contribution in [3.8, 4) is 0 Å². The van der Waals surface area contributed by atoms with Crippen molar-refractivity contribution in [2.45, 2.75) is 32.0 Å². The van der Waals surface area contributed by atoms with Crippen LogP contribution in [0, 0.1) is 12.8 Å². The number of fused-ring (bicyclic) bond motifs is 1. The van der Waals surface area contributed by atoms with Gasteiger partial charge in [0.2, 0.25) is 5.91 Å². The Hall–Kier alpha value is -3.95. The molecule has 186 valence electrons. The summed E-state index contributed by atoms with van der Waals surface area (Å²) < 4.78 is 40.4. The molecule has 5 rings (SSSR count). The highest BCUT2D eigenvalue weighted by molar-refractivity contribution is 5.80. The quantitative estimate of drug-likeness (QED) is 0.440. The Morgan fingerprint density at radius 3 is 2.28 bits per heavy atom. The van der Waals surface area contributed by atoms with Gasteiger partial charge in [-0.25, -0.2) is 0 Å². The standard InChI is InChI=1S/C26H25F3N6O/c1-17-7-9-19(10-8-17)23(18-5-3-2-4-6-18)30-24(36)20-13-15-34(16-14-20)22-12-11-21-31-32-25(26(27,28)29)35(21)33-22/h2-12,20,23H,13-16H2,1H3,(H,30,36). The van der Waals surface area contributed by atoms with E-state index in [1.54, 1.807) is 6.07 Å². The van der Waals surface area contributed by atoms with Crippen LogP contribution in [0.4, 0.5) is 19.0 Å². The van der Waals surface area contributed by atoms with Crippen LogP contribution in [0.3, 0.4) is 0 Å². The summed E-state index contributed by atoms with van der Waals surface area (Å²) in [4.78, 5) is 15.2. The van der Waals surface area contributed by atoms with E-state index in [9.17, 15) is 18.0 Å². The molecule has 0 bridgehead atoms. The molecule has 1 atom stereocenters. The van der Waals surface area contributed by atoms with E-state index < -0.39 is 12.0 Å². The number of benzene rings is 2. The van der Waals surface area contributed by atoms with Crippen LogP contribution >= 0.6 is 0 Å². The number of hydrogen-bond acceptors (Lipinski definition) is 5. The van der Waals surface area contributed by atoms with Crippen molar-refractivity contribution in [3.63, 3.8) is 0 Å². The first-order valence-corrected chi connectivity index (χ1v) is 11.8. The lowest BCUT2D eigenvalue weighted by Crippen LogP contribution is -2.42. The Labute approximate surface area is 206 Å². The van der Waals surface area contributed by atoms with Gasteiger partial charge in [0.15, 0.2) is 5.65 Å². The normalized spacial score (nSPS) is 15.7. The summed E-state index contributed by atoms with van der Waals surface area (Å²) in [6.07, 6.45) is -3.52. The Bertz CT molecular complexity index is 1350. The number of amides is 1. The Morgan fingerprint density at radius 2 is 1.61 bits per heavy atom. The third-order valence-corrected chi connectivity index (χ3v) is 6.52. The van der Waals surface area contributed by atoms with E-state index in [1.165, 1.54) is 6.07 Å². The summed E-state index contributed by atoms with van der Waals surface area (Å²) in [5.41, 5.74) is 3.18. The van der Waals surface area contributed by atoms with Gasteiger partial charge in [-0.2, -0.15) is 17.7 Å². The van der Waals surface area contributed by atoms with Gasteiger partial charge in [0, 0.05) is 19.0 Å². The summed E-state index contributed by atoms with van der Waals surface area (Å²) >= 11 is 0. The second kappa shape index (κ2) is 9.60. The second-order valence-corrected chi connectivity index (χ2v) is 9.01. The first kappa shape index (κ1) is 23.8. The molecule has 2 aromatic carbocycles. The van der Waals surface area contributed by atoms with Gasteiger partial charge in [0.05, 0.1) is 6.04 Å². The molecule has 4 aromatic rings. The number of halogens is 3. The van der Waals surface area contributed by atoms with Crippen molar-refractivity contribution >= 4 is 17.4 Å². The van der Waals surface area contributed by atoms with Crippen LogP contribution in [0.2, 0.25) is 0 Å². The van der Waals surface area contributed by atoms with Gasteiger partial charge in [-0.05, 0) is 43.0 Å². The van der Waals surface area contributed by atoms with E-state index >= 15 is 0 Å². The molecule has 10 heteroatoms. The first-order chi connectivity index (χ1) is 17.3. The van der Waals surface area contributed by atoms with Crippen LogP contribution in [-0.4, -0.2) is 38.8 Å². The maximum Gasteiger partial charge on any atom is 0.453 e. The summed E-state index contributed by atoms with van der Waals surface area (Å²) in [6, 6.07) is 20.8. The third kappa shape index (κ3) is 4.89. The SMILES string of the molecule is Cc1ccc(C(NC(=O)C2CCN(c3ccc4nnc(C(F)(F)F)n4n3)CC2)c2ccccc2)cc1. The van der Waals surface area contributed by atoms with Crippen molar-refractivity contribution in [1.29, 1.82) is 0 Å². The molecule has 1 aliphatic heterocycles. The van der Waals surface area contributed by atoms with E-state index in [-0.39, 0.29) is 23.5 Å². The Balaban J connectivity index is 1.28. The summed E-state index contributed by atoms with van der Waals surface area (Å²) in [5, 5.41) is 14.1. The number of nitrogens with one attached hydrogen (secondary N) is 1. The average Bonchev–Trinajstić information content (AvgIpc) is 3.32. The number of alkyl halides is 3. The number of carbonyl (C=O) groups excluding carboxylic acids is 1. The molecule has 1 N–H and O–H groups in total. The van der Waals surface area contributed by atoms with Crippen molar-refractivity contribution < 1.29 is 18.0 Å². The van der Waals surface area contributed by atoms with Gasteiger partial charge in [0.25, 0.3) is 5.82 Å². The molecule has 0 radical (unpaired) electrons. The van der Waals surface area contributed by atoms with Crippen molar-refractivity contribution in [2.24, 2.45) is 5.92 Å². The van der Waals surface area contributed by atoms with E-state index in [2.05, 4.69) is 20.6 Å². The zero-order chi connectivity index (χ0) is 25.3. The van der Waals surface area contributed by atoms with Gasteiger partial charge in [-0.15, -0.1) is 15.3 Å². The maximum absolute atomic E-state index is 13.3. The van der Waals surface area contributed by atoms with Crippen LogP contribution in [0.1, 0.15) is 41.4 Å². The topological polar surface area (TPSA) is 75.4 Å². The van der Waals surface area contributed by atoms with Crippen LogP contribution in [0.5, 0.6) is 0 Å². The summed E-state index contributed by atoms with van der Waals surface area (Å²) in [6.45, 7) is 3.02.